The van der Waals surface area contributed by atoms with Gasteiger partial charge in [-0.3, -0.25) is 0 Å². The summed E-state index contributed by atoms with van der Waals surface area (Å²) in [7, 11) is 0. The van der Waals surface area contributed by atoms with Crippen LogP contribution >= 0.6 is 11.6 Å². The second-order valence-corrected chi connectivity index (χ2v) is 4.06. The van der Waals surface area contributed by atoms with Crippen molar-refractivity contribution in [3.63, 3.8) is 0 Å². The lowest BCUT2D eigenvalue weighted by Crippen LogP contribution is -2.05. The van der Waals surface area contributed by atoms with E-state index in [1.165, 1.54) is 24.5 Å². The standard InChI is InChI=1S/C12H12ClFN4O/c1-2-19-12-10(15)11(16-6-17-12)18-9-5-7(13)3-4-8(9)14/h3-6H,2,15H2,1H3,(H,16,17,18). The minimum atomic E-state index is -0.458. The molecule has 100 valence electrons. The third-order valence-electron chi connectivity index (χ3n) is 2.31. The van der Waals surface area contributed by atoms with Crippen molar-refractivity contribution in [2.75, 3.05) is 17.7 Å². The second-order valence-electron chi connectivity index (χ2n) is 3.62. The van der Waals surface area contributed by atoms with Crippen LogP contribution in [0.25, 0.3) is 0 Å². The van der Waals surface area contributed by atoms with Gasteiger partial charge in [0.1, 0.15) is 17.8 Å². The molecule has 1 heterocycles. The Morgan fingerprint density at radius 2 is 2.21 bits per heavy atom. The molecule has 0 unspecified atom stereocenters. The van der Waals surface area contributed by atoms with E-state index in [4.69, 9.17) is 22.1 Å². The molecular weight excluding hydrogens is 271 g/mol. The van der Waals surface area contributed by atoms with E-state index in [2.05, 4.69) is 15.3 Å². The Kier molecular flexibility index (Phi) is 4.01. The summed E-state index contributed by atoms with van der Waals surface area (Å²) in [5.74, 6) is 0.0578. The molecule has 1 aromatic carbocycles. The largest absolute Gasteiger partial charge is 0.476 e. The van der Waals surface area contributed by atoms with Gasteiger partial charge in [0, 0.05) is 5.02 Å². The number of hydrogen-bond donors (Lipinski definition) is 2. The van der Waals surface area contributed by atoms with Crippen LogP contribution in [0, 0.1) is 5.82 Å². The first-order chi connectivity index (χ1) is 9.11. The molecule has 7 heteroatoms. The van der Waals surface area contributed by atoms with Crippen LogP contribution in [0.3, 0.4) is 0 Å². The van der Waals surface area contributed by atoms with Gasteiger partial charge >= 0.3 is 0 Å². The summed E-state index contributed by atoms with van der Waals surface area (Å²) in [5, 5.41) is 3.17. The highest BCUT2D eigenvalue weighted by Crippen LogP contribution is 2.29. The number of nitrogens with zero attached hydrogens (tertiary/aromatic N) is 2. The molecule has 3 N–H and O–H groups in total. The van der Waals surface area contributed by atoms with Gasteiger partial charge in [-0.15, -0.1) is 0 Å². The highest BCUT2D eigenvalue weighted by molar-refractivity contribution is 6.30. The molecule has 0 aliphatic heterocycles. The van der Waals surface area contributed by atoms with Crippen molar-refractivity contribution in [1.82, 2.24) is 9.97 Å². The van der Waals surface area contributed by atoms with Gasteiger partial charge in [0.25, 0.3) is 0 Å². The summed E-state index contributed by atoms with van der Waals surface area (Å²) >= 11 is 5.81. The summed E-state index contributed by atoms with van der Waals surface area (Å²) in [6, 6.07) is 4.15. The van der Waals surface area contributed by atoms with Crippen LogP contribution in [-0.2, 0) is 0 Å². The fraction of sp³-hybridized carbons (Fsp3) is 0.167. The van der Waals surface area contributed by atoms with Crippen molar-refractivity contribution < 1.29 is 9.13 Å². The lowest BCUT2D eigenvalue weighted by atomic mass is 10.3. The average molecular weight is 283 g/mol. The summed E-state index contributed by atoms with van der Waals surface area (Å²) in [6.45, 7) is 2.23. The third kappa shape index (κ3) is 3.03. The Hall–Kier alpha value is -2.08. The number of ether oxygens (including phenoxy) is 1. The monoisotopic (exact) mass is 282 g/mol. The number of anilines is 3. The molecule has 0 bridgehead atoms. The van der Waals surface area contributed by atoms with Gasteiger partial charge in [-0.05, 0) is 25.1 Å². The molecule has 0 spiro atoms. The zero-order valence-electron chi connectivity index (χ0n) is 10.2. The number of hydrogen-bond acceptors (Lipinski definition) is 5. The van der Waals surface area contributed by atoms with Crippen molar-refractivity contribution in [2.45, 2.75) is 6.92 Å². The van der Waals surface area contributed by atoms with Gasteiger partial charge in [-0.25, -0.2) is 9.37 Å². The van der Waals surface area contributed by atoms with Gasteiger partial charge in [-0.1, -0.05) is 11.6 Å². The van der Waals surface area contributed by atoms with Crippen molar-refractivity contribution in [3.05, 3.63) is 35.4 Å². The Morgan fingerprint density at radius 3 is 2.95 bits per heavy atom. The minimum absolute atomic E-state index is 0.181. The Balaban J connectivity index is 2.33. The first-order valence-electron chi connectivity index (χ1n) is 5.57. The Morgan fingerprint density at radius 1 is 1.42 bits per heavy atom. The number of aromatic nitrogens is 2. The average Bonchev–Trinajstić information content (AvgIpc) is 2.39. The molecule has 19 heavy (non-hydrogen) atoms. The lowest BCUT2D eigenvalue weighted by Gasteiger charge is -2.11. The van der Waals surface area contributed by atoms with E-state index < -0.39 is 5.82 Å². The number of rotatable bonds is 4. The number of benzene rings is 1. The number of nitrogens with one attached hydrogen (secondary N) is 1. The SMILES string of the molecule is CCOc1ncnc(Nc2cc(Cl)ccc2F)c1N. The first kappa shape index (κ1) is 13.4. The van der Waals surface area contributed by atoms with Crippen LogP contribution in [0.15, 0.2) is 24.5 Å². The molecule has 0 amide bonds. The topological polar surface area (TPSA) is 73.1 Å². The van der Waals surface area contributed by atoms with E-state index >= 15 is 0 Å². The van der Waals surface area contributed by atoms with Crippen LogP contribution in [0.4, 0.5) is 21.6 Å². The van der Waals surface area contributed by atoms with E-state index in [0.29, 0.717) is 11.6 Å². The van der Waals surface area contributed by atoms with E-state index in [1.54, 1.807) is 0 Å². The normalized spacial score (nSPS) is 10.3. The van der Waals surface area contributed by atoms with E-state index in [1.807, 2.05) is 6.92 Å². The molecule has 0 radical (unpaired) electrons. The highest BCUT2D eigenvalue weighted by Gasteiger charge is 2.11. The quantitative estimate of drug-likeness (QED) is 0.902. The van der Waals surface area contributed by atoms with Crippen molar-refractivity contribution in [2.24, 2.45) is 0 Å². The predicted octanol–water partition coefficient (Wildman–Crippen LogP) is 2.99. The number of nitrogens with two attached hydrogens (primary N) is 1. The maximum absolute atomic E-state index is 13.6. The van der Waals surface area contributed by atoms with Gasteiger partial charge in [0.2, 0.25) is 5.88 Å². The van der Waals surface area contributed by atoms with Gasteiger partial charge in [-0.2, -0.15) is 4.98 Å². The van der Waals surface area contributed by atoms with Crippen LogP contribution in [0.5, 0.6) is 5.88 Å². The van der Waals surface area contributed by atoms with Crippen molar-refractivity contribution in [1.29, 1.82) is 0 Å². The zero-order chi connectivity index (χ0) is 13.8. The van der Waals surface area contributed by atoms with Crippen LogP contribution < -0.4 is 15.8 Å². The molecule has 0 atom stereocenters. The third-order valence-corrected chi connectivity index (χ3v) is 2.54. The molecule has 1 aromatic heterocycles. The van der Waals surface area contributed by atoms with E-state index in [0.717, 1.165) is 0 Å². The molecular formula is C12H12ClFN4O. The van der Waals surface area contributed by atoms with Gasteiger partial charge < -0.3 is 15.8 Å². The predicted molar refractivity (Wildman–Crippen MR) is 72.3 cm³/mol. The zero-order valence-corrected chi connectivity index (χ0v) is 10.9. The second kappa shape index (κ2) is 5.71. The summed E-state index contributed by atoms with van der Waals surface area (Å²) in [6.07, 6.45) is 1.28. The maximum Gasteiger partial charge on any atom is 0.242 e. The fourth-order valence-electron chi connectivity index (χ4n) is 1.45. The van der Waals surface area contributed by atoms with E-state index in [9.17, 15) is 4.39 Å². The lowest BCUT2D eigenvalue weighted by molar-refractivity contribution is 0.328. The molecule has 2 rings (SSSR count). The first-order valence-corrected chi connectivity index (χ1v) is 5.95. The summed E-state index contributed by atoms with van der Waals surface area (Å²) in [4.78, 5) is 7.84. The molecule has 5 nitrogen and oxygen atoms in total. The van der Waals surface area contributed by atoms with Gasteiger partial charge in [0.05, 0.1) is 12.3 Å². The molecule has 0 saturated carbocycles. The molecule has 0 fully saturated rings. The van der Waals surface area contributed by atoms with Crippen LogP contribution in [-0.4, -0.2) is 16.6 Å². The molecule has 2 aromatic rings. The Bertz CT molecular complexity index is 594. The maximum atomic E-state index is 13.6. The van der Waals surface area contributed by atoms with Crippen LogP contribution in [0.2, 0.25) is 5.02 Å². The molecule has 0 aliphatic rings. The van der Waals surface area contributed by atoms with Crippen molar-refractivity contribution >= 4 is 28.8 Å². The Labute approximate surface area is 114 Å². The minimum Gasteiger partial charge on any atom is -0.476 e. The summed E-state index contributed by atoms with van der Waals surface area (Å²) < 4.78 is 18.8. The smallest absolute Gasteiger partial charge is 0.242 e. The number of halogens is 2. The van der Waals surface area contributed by atoms with Gasteiger partial charge in [0.15, 0.2) is 5.82 Å². The highest BCUT2D eigenvalue weighted by atomic mass is 35.5. The fourth-order valence-corrected chi connectivity index (χ4v) is 1.62. The van der Waals surface area contributed by atoms with E-state index in [-0.39, 0.29) is 23.1 Å². The van der Waals surface area contributed by atoms with Crippen LogP contribution in [0.1, 0.15) is 6.92 Å². The number of nitrogen functional groups attached to an aromatic ring is 1. The molecule has 0 saturated heterocycles. The molecule has 0 aliphatic carbocycles. The summed E-state index contributed by atoms with van der Waals surface area (Å²) in [5.41, 5.74) is 6.23. The van der Waals surface area contributed by atoms with Crippen molar-refractivity contribution in [3.8, 4) is 5.88 Å².